The predicted molar refractivity (Wildman–Crippen MR) is 90.5 cm³/mol. The van der Waals surface area contributed by atoms with Gasteiger partial charge in [-0.2, -0.15) is 0 Å². The third kappa shape index (κ3) is 2.09. The Morgan fingerprint density at radius 3 is 2.50 bits per heavy atom. The minimum absolute atomic E-state index is 0.152. The molecule has 2 fully saturated rings. The van der Waals surface area contributed by atoms with Crippen molar-refractivity contribution in [2.75, 3.05) is 11.4 Å². The summed E-state index contributed by atoms with van der Waals surface area (Å²) in [7, 11) is 0. The Labute approximate surface area is 138 Å². The lowest BCUT2D eigenvalue weighted by atomic mass is 10.1. The van der Waals surface area contributed by atoms with E-state index in [1.54, 1.807) is 0 Å². The normalized spacial score (nSPS) is 24.8. The molecule has 4 rings (SSSR count). The highest BCUT2D eigenvalue weighted by molar-refractivity contribution is 9.10. The van der Waals surface area contributed by atoms with Crippen molar-refractivity contribution in [3.63, 3.8) is 0 Å². The molecule has 2 atom stereocenters. The largest absolute Gasteiger partial charge is 0.293 e. The molecule has 2 aliphatic heterocycles. The van der Waals surface area contributed by atoms with E-state index in [4.69, 9.17) is 0 Å². The average Bonchev–Trinajstić information content (AvgIpc) is 3.09. The van der Waals surface area contributed by atoms with E-state index in [0.29, 0.717) is 0 Å². The van der Waals surface area contributed by atoms with Crippen molar-refractivity contribution in [2.24, 2.45) is 0 Å². The number of carbonyl (C=O) groups excluding carboxylic acids is 1. The molecule has 0 radical (unpaired) electrons. The smallest absolute Gasteiger partial charge is 0.250 e. The van der Waals surface area contributed by atoms with Crippen LogP contribution in [0.5, 0.6) is 0 Å². The zero-order chi connectivity index (χ0) is 15.1. The summed E-state index contributed by atoms with van der Waals surface area (Å²) in [6, 6.07) is 18.0. The Hall–Kier alpha value is -1.65. The molecule has 0 aliphatic carbocycles. The van der Waals surface area contributed by atoms with Crippen molar-refractivity contribution in [2.45, 2.75) is 25.0 Å². The second-order valence-electron chi connectivity index (χ2n) is 5.83. The molecule has 2 aliphatic rings. The summed E-state index contributed by atoms with van der Waals surface area (Å²) in [5.74, 6) is 0.183. The van der Waals surface area contributed by atoms with Gasteiger partial charge in [0.05, 0.1) is 11.9 Å². The Kier molecular flexibility index (Phi) is 3.51. The molecule has 2 saturated heterocycles. The lowest BCUT2D eigenvalue weighted by molar-refractivity contribution is -0.119. The summed E-state index contributed by atoms with van der Waals surface area (Å²) in [5.41, 5.74) is 2.07. The van der Waals surface area contributed by atoms with Crippen molar-refractivity contribution in [3.05, 3.63) is 64.6 Å². The Balaban J connectivity index is 1.78. The lowest BCUT2D eigenvalue weighted by Crippen LogP contribution is -2.35. The fourth-order valence-corrected chi connectivity index (χ4v) is 4.14. The van der Waals surface area contributed by atoms with E-state index in [1.807, 2.05) is 47.4 Å². The van der Waals surface area contributed by atoms with Gasteiger partial charge in [-0.1, -0.05) is 42.5 Å². The van der Waals surface area contributed by atoms with Crippen LogP contribution in [0.3, 0.4) is 0 Å². The average molecular weight is 357 g/mol. The van der Waals surface area contributed by atoms with Gasteiger partial charge in [-0.25, -0.2) is 0 Å². The van der Waals surface area contributed by atoms with Gasteiger partial charge in [-0.15, -0.1) is 0 Å². The van der Waals surface area contributed by atoms with E-state index in [-0.39, 0.29) is 18.1 Å². The first-order valence-corrected chi connectivity index (χ1v) is 8.45. The van der Waals surface area contributed by atoms with Crippen molar-refractivity contribution >= 4 is 27.5 Å². The number of anilines is 1. The summed E-state index contributed by atoms with van der Waals surface area (Å²) in [5, 5.41) is 0. The van der Waals surface area contributed by atoms with Gasteiger partial charge >= 0.3 is 0 Å². The number of rotatable bonds is 2. The van der Waals surface area contributed by atoms with Gasteiger partial charge in [0.2, 0.25) is 5.91 Å². The standard InChI is InChI=1S/C18H17BrN2O/c19-14-9-4-5-10-15(14)21-16-11-6-12-20(16)17(18(21)22)13-7-2-1-3-8-13/h1-5,7-10,16-17H,6,11-12H2/t16-,17+/m0/s1. The van der Waals surface area contributed by atoms with Crippen LogP contribution in [0.1, 0.15) is 24.4 Å². The molecule has 112 valence electrons. The number of nitrogens with zero attached hydrogens (tertiary/aromatic N) is 2. The first-order chi connectivity index (χ1) is 10.8. The molecule has 2 heterocycles. The van der Waals surface area contributed by atoms with Crippen LogP contribution in [0, 0.1) is 0 Å². The first-order valence-electron chi connectivity index (χ1n) is 7.65. The molecule has 0 aromatic heterocycles. The molecule has 22 heavy (non-hydrogen) atoms. The number of benzene rings is 2. The van der Waals surface area contributed by atoms with Crippen molar-refractivity contribution in [1.29, 1.82) is 0 Å². The first kappa shape index (κ1) is 14.0. The number of amides is 1. The summed E-state index contributed by atoms with van der Waals surface area (Å²) in [4.78, 5) is 17.5. The van der Waals surface area contributed by atoms with E-state index < -0.39 is 0 Å². The summed E-state index contributed by atoms with van der Waals surface area (Å²) in [6.07, 6.45) is 2.36. The number of hydrogen-bond acceptors (Lipinski definition) is 2. The third-order valence-electron chi connectivity index (χ3n) is 4.59. The van der Waals surface area contributed by atoms with Gasteiger partial charge in [0.15, 0.2) is 0 Å². The molecule has 0 saturated carbocycles. The van der Waals surface area contributed by atoms with E-state index in [0.717, 1.165) is 35.1 Å². The van der Waals surface area contributed by atoms with Crippen LogP contribution in [0.2, 0.25) is 0 Å². The van der Waals surface area contributed by atoms with Crippen LogP contribution < -0.4 is 4.90 Å². The van der Waals surface area contributed by atoms with Crippen LogP contribution in [-0.2, 0) is 4.79 Å². The molecule has 2 aromatic rings. The Bertz CT molecular complexity index is 703. The molecule has 0 unspecified atom stereocenters. The molecule has 0 bridgehead atoms. The maximum Gasteiger partial charge on any atom is 0.250 e. The van der Waals surface area contributed by atoms with Gasteiger partial charge in [0, 0.05) is 11.0 Å². The SMILES string of the molecule is O=C1[C@@H](c2ccccc2)N2CCC[C@@H]2N1c1ccccc1Br. The van der Waals surface area contributed by atoms with Crippen molar-refractivity contribution < 1.29 is 4.79 Å². The maximum atomic E-state index is 13.1. The fourth-order valence-electron chi connectivity index (χ4n) is 3.67. The summed E-state index contributed by atoms with van der Waals surface area (Å²) < 4.78 is 0.976. The quantitative estimate of drug-likeness (QED) is 0.812. The minimum atomic E-state index is -0.152. The molecule has 1 amide bonds. The van der Waals surface area contributed by atoms with Gasteiger partial charge in [-0.3, -0.25) is 14.6 Å². The summed E-state index contributed by atoms with van der Waals surface area (Å²) in [6.45, 7) is 0.983. The number of carbonyl (C=O) groups is 1. The van der Waals surface area contributed by atoms with Crippen LogP contribution >= 0.6 is 15.9 Å². The van der Waals surface area contributed by atoms with Gasteiger partial charge in [-0.05, 0) is 46.5 Å². The van der Waals surface area contributed by atoms with Crippen LogP contribution in [0.15, 0.2) is 59.1 Å². The predicted octanol–water partition coefficient (Wildman–Crippen LogP) is 3.96. The molecule has 2 aromatic carbocycles. The van der Waals surface area contributed by atoms with Crippen LogP contribution in [-0.4, -0.2) is 23.5 Å². The van der Waals surface area contributed by atoms with E-state index in [1.165, 1.54) is 0 Å². The highest BCUT2D eigenvalue weighted by Crippen LogP contribution is 2.43. The molecular weight excluding hydrogens is 340 g/mol. The molecule has 3 nitrogen and oxygen atoms in total. The van der Waals surface area contributed by atoms with Gasteiger partial charge < -0.3 is 0 Å². The van der Waals surface area contributed by atoms with Gasteiger partial charge in [0.1, 0.15) is 6.04 Å². The third-order valence-corrected chi connectivity index (χ3v) is 5.26. The van der Waals surface area contributed by atoms with Gasteiger partial charge in [0.25, 0.3) is 0 Å². The van der Waals surface area contributed by atoms with E-state index >= 15 is 0 Å². The van der Waals surface area contributed by atoms with Crippen LogP contribution in [0.25, 0.3) is 0 Å². The molecule has 0 spiro atoms. The molecular formula is C18H17BrN2O. The highest BCUT2D eigenvalue weighted by atomic mass is 79.9. The molecule has 4 heteroatoms. The second kappa shape index (κ2) is 5.52. The van der Waals surface area contributed by atoms with Crippen LogP contribution in [0.4, 0.5) is 5.69 Å². The topological polar surface area (TPSA) is 23.6 Å². The number of halogens is 1. The monoisotopic (exact) mass is 356 g/mol. The Morgan fingerprint density at radius 2 is 1.73 bits per heavy atom. The summed E-state index contributed by atoms with van der Waals surface area (Å²) >= 11 is 3.59. The Morgan fingerprint density at radius 1 is 1.00 bits per heavy atom. The van der Waals surface area contributed by atoms with E-state index in [9.17, 15) is 4.79 Å². The second-order valence-corrected chi connectivity index (χ2v) is 6.69. The lowest BCUT2D eigenvalue weighted by Gasteiger charge is -2.25. The van der Waals surface area contributed by atoms with Crippen molar-refractivity contribution in [1.82, 2.24) is 4.90 Å². The number of fused-ring (bicyclic) bond motifs is 1. The maximum absolute atomic E-state index is 13.1. The highest BCUT2D eigenvalue weighted by Gasteiger charge is 2.49. The number of hydrogen-bond donors (Lipinski definition) is 0. The molecule has 0 N–H and O–H groups in total. The fraction of sp³-hybridized carbons (Fsp3) is 0.278. The number of para-hydroxylation sites is 1. The zero-order valence-corrected chi connectivity index (χ0v) is 13.7. The zero-order valence-electron chi connectivity index (χ0n) is 12.2. The van der Waals surface area contributed by atoms with Crippen molar-refractivity contribution in [3.8, 4) is 0 Å². The minimum Gasteiger partial charge on any atom is -0.293 e. The van der Waals surface area contributed by atoms with E-state index in [2.05, 4.69) is 33.0 Å².